The summed E-state index contributed by atoms with van der Waals surface area (Å²) in [5.74, 6) is 0.652. The predicted molar refractivity (Wildman–Crippen MR) is 220 cm³/mol. The molecule has 7 rings (SSSR count). The molecule has 10 atom stereocenters. The largest absolute Gasteiger partial charge is 0.400 e. The van der Waals surface area contributed by atoms with Crippen molar-refractivity contribution in [1.29, 1.82) is 0 Å². The van der Waals surface area contributed by atoms with Crippen LogP contribution in [0.1, 0.15) is 28.9 Å². The summed E-state index contributed by atoms with van der Waals surface area (Å²) in [6.07, 6.45) is -3.62. The molecular formula is C41H47Cl3N5O10S+. The standard InChI is InChI=1S/C41H47Cl3N5O10S/c1-27-48(2)18-19-49(27)21-33-36(59-60(50,51)56-26-41(42,43)44)38(54-23-29-14-8-4-9-15-29)39(55-24-30-16-10-5-11-17-30)40(57-33)58-35-31-20-32(52-25-31)34(46-47-45)37(35)53-22-28-12-6-3-7-13-28/h3-19,31-40H,20-26H2,1-2H3/q+1/t31-,32-,33-,34+,35-,36-,37-,38+,39-,40+/m1/s1. The number of aromatic nitrogens is 2. The molecule has 322 valence electrons. The second-order valence-electron chi connectivity index (χ2n) is 14.9. The SMILES string of the molecule is Cc1n(C[C@H]2O[C@@H](O[C@@H]3[C@H]4CO[C@H](C4)[C@H](N=[N+]=[N-])[C@H]3OCc3ccccc3)[C@H](OCc3ccccc3)[C@@H](OCc3ccccc3)[C@@H]2OS(=O)(=O)OCC(Cl)(Cl)Cl)cc[n+]1C. The summed E-state index contributed by atoms with van der Waals surface area (Å²) in [6, 6.07) is 27.7. The Morgan fingerprint density at radius 2 is 1.42 bits per heavy atom. The number of aryl methyl sites for hydroxylation is 1. The number of alkyl halides is 3. The van der Waals surface area contributed by atoms with Gasteiger partial charge in [-0.15, -0.1) is 0 Å². The number of azide groups is 1. The van der Waals surface area contributed by atoms with Crippen LogP contribution < -0.4 is 4.57 Å². The molecule has 2 saturated heterocycles. The van der Waals surface area contributed by atoms with Gasteiger partial charge in [0, 0.05) is 17.8 Å². The molecule has 0 radical (unpaired) electrons. The van der Waals surface area contributed by atoms with Crippen LogP contribution in [0.4, 0.5) is 0 Å². The van der Waals surface area contributed by atoms with Gasteiger partial charge in [0.15, 0.2) is 6.29 Å². The Kier molecular flexibility index (Phi) is 15.1. The summed E-state index contributed by atoms with van der Waals surface area (Å²) >= 11 is 17.7. The molecule has 0 N–H and O–H groups in total. The summed E-state index contributed by atoms with van der Waals surface area (Å²) in [6.45, 7) is 1.80. The zero-order chi connectivity index (χ0) is 42.3. The van der Waals surface area contributed by atoms with Crippen LogP contribution in [0.5, 0.6) is 0 Å². The Morgan fingerprint density at radius 1 is 0.850 bits per heavy atom. The number of ether oxygens (including phenoxy) is 6. The van der Waals surface area contributed by atoms with E-state index < -0.39 is 69.8 Å². The fraction of sp³-hybridized carbons (Fsp3) is 0.488. The Labute approximate surface area is 364 Å². The highest BCUT2D eigenvalue weighted by Crippen LogP contribution is 2.42. The molecule has 1 aliphatic carbocycles. The van der Waals surface area contributed by atoms with Gasteiger partial charge in [-0.05, 0) is 28.6 Å². The van der Waals surface area contributed by atoms with Crippen LogP contribution in [0, 0.1) is 12.8 Å². The highest BCUT2D eigenvalue weighted by molar-refractivity contribution is 7.81. The molecule has 60 heavy (non-hydrogen) atoms. The maximum atomic E-state index is 13.7. The van der Waals surface area contributed by atoms with Crippen molar-refractivity contribution in [2.75, 3.05) is 13.2 Å². The first-order valence-electron chi connectivity index (χ1n) is 19.5. The quantitative estimate of drug-likeness (QED) is 0.0349. The minimum Gasteiger partial charge on any atom is -0.377 e. The minimum absolute atomic E-state index is 0.0336. The van der Waals surface area contributed by atoms with Gasteiger partial charge >= 0.3 is 10.4 Å². The third-order valence-corrected chi connectivity index (χ3v) is 12.0. The first kappa shape index (κ1) is 44.7. The number of hydrogen-bond donors (Lipinski definition) is 0. The highest BCUT2D eigenvalue weighted by atomic mass is 35.6. The third kappa shape index (κ3) is 11.6. The molecule has 0 amide bonds. The van der Waals surface area contributed by atoms with E-state index in [0.717, 1.165) is 22.5 Å². The van der Waals surface area contributed by atoms with Gasteiger partial charge in [-0.25, -0.2) is 17.5 Å². The Morgan fingerprint density at radius 3 is 1.95 bits per heavy atom. The number of nitrogens with zero attached hydrogens (tertiary/aromatic N) is 5. The molecule has 19 heteroatoms. The lowest BCUT2D eigenvalue weighted by molar-refractivity contribution is -0.677. The monoisotopic (exact) mass is 906 g/mol. The smallest absolute Gasteiger partial charge is 0.377 e. The molecule has 2 bridgehead atoms. The van der Waals surface area contributed by atoms with Crippen molar-refractivity contribution >= 4 is 45.2 Å². The first-order valence-corrected chi connectivity index (χ1v) is 21.9. The second kappa shape index (κ2) is 20.2. The molecule has 0 unspecified atom stereocenters. The summed E-state index contributed by atoms with van der Waals surface area (Å²) in [5.41, 5.74) is 12.3. The molecule has 3 aromatic carbocycles. The topological polar surface area (TPSA) is 166 Å². The molecule has 1 saturated carbocycles. The Balaban J connectivity index is 1.30. The van der Waals surface area contributed by atoms with Gasteiger partial charge in [0.25, 0.3) is 5.82 Å². The van der Waals surface area contributed by atoms with Gasteiger partial charge in [-0.2, -0.15) is 8.42 Å². The van der Waals surface area contributed by atoms with E-state index in [-0.39, 0.29) is 38.4 Å². The summed E-state index contributed by atoms with van der Waals surface area (Å²) in [7, 11) is -2.98. The van der Waals surface area contributed by atoms with Crippen molar-refractivity contribution in [2.45, 2.75) is 98.6 Å². The van der Waals surface area contributed by atoms with E-state index in [2.05, 4.69) is 10.0 Å². The van der Waals surface area contributed by atoms with E-state index in [4.69, 9.17) is 71.6 Å². The molecule has 4 aromatic rings. The molecular weight excluding hydrogens is 861 g/mol. The van der Waals surface area contributed by atoms with E-state index in [0.29, 0.717) is 13.0 Å². The molecule has 2 aliphatic heterocycles. The summed E-state index contributed by atoms with van der Waals surface area (Å²) in [4.78, 5) is 3.17. The molecule has 15 nitrogen and oxygen atoms in total. The van der Waals surface area contributed by atoms with Gasteiger partial charge in [-0.3, -0.25) is 0 Å². The lowest BCUT2D eigenvalue weighted by Crippen LogP contribution is -2.64. The zero-order valence-electron chi connectivity index (χ0n) is 32.9. The predicted octanol–water partition coefficient (Wildman–Crippen LogP) is 6.60. The number of hydrogen-bond acceptors (Lipinski definition) is 11. The van der Waals surface area contributed by atoms with Crippen molar-refractivity contribution in [3.63, 3.8) is 0 Å². The van der Waals surface area contributed by atoms with E-state index >= 15 is 0 Å². The van der Waals surface area contributed by atoms with Crippen molar-refractivity contribution < 1.29 is 49.8 Å². The van der Waals surface area contributed by atoms with E-state index in [1.807, 2.05) is 126 Å². The number of benzene rings is 3. The van der Waals surface area contributed by atoms with Gasteiger partial charge in [-0.1, -0.05) is 131 Å². The van der Waals surface area contributed by atoms with Crippen molar-refractivity contribution in [3.05, 3.63) is 136 Å². The number of halogens is 3. The van der Waals surface area contributed by atoms with Gasteiger partial charge < -0.3 is 28.4 Å². The normalized spacial score (nSPS) is 28.0. The molecule has 3 heterocycles. The van der Waals surface area contributed by atoms with Crippen LogP contribution in [-0.2, 0) is 80.6 Å². The molecule has 0 spiro atoms. The van der Waals surface area contributed by atoms with Gasteiger partial charge in [0.2, 0.25) is 3.79 Å². The average molecular weight is 908 g/mol. The second-order valence-corrected chi connectivity index (χ2v) is 18.7. The fourth-order valence-electron chi connectivity index (χ4n) is 7.76. The summed E-state index contributed by atoms with van der Waals surface area (Å²) in [5, 5.41) is 4.16. The fourth-order valence-corrected chi connectivity index (χ4v) is 9.00. The van der Waals surface area contributed by atoms with Crippen molar-refractivity contribution in [2.24, 2.45) is 18.1 Å². The zero-order valence-corrected chi connectivity index (χ0v) is 36.0. The Hall–Kier alpha value is -3.32. The first-order chi connectivity index (χ1) is 28.9. The molecule has 3 aliphatic rings. The minimum atomic E-state index is -4.87. The maximum absolute atomic E-state index is 13.7. The average Bonchev–Trinajstić information content (AvgIpc) is 3.82. The maximum Gasteiger partial charge on any atom is 0.400 e. The van der Waals surface area contributed by atoms with E-state index in [1.165, 1.54) is 0 Å². The van der Waals surface area contributed by atoms with Crippen molar-refractivity contribution in [3.8, 4) is 0 Å². The van der Waals surface area contributed by atoms with Crippen LogP contribution in [-0.4, -0.2) is 85.1 Å². The van der Waals surface area contributed by atoms with Gasteiger partial charge in [0.05, 0.1) is 57.8 Å². The Bertz CT molecular complexity index is 2150. The van der Waals surface area contributed by atoms with Gasteiger partial charge in [0.1, 0.15) is 50.0 Å². The third-order valence-electron chi connectivity index (χ3n) is 10.9. The summed E-state index contributed by atoms with van der Waals surface area (Å²) < 4.78 is 80.2. The highest BCUT2D eigenvalue weighted by Gasteiger charge is 2.56. The number of fused-ring (bicyclic) bond motifs is 2. The van der Waals surface area contributed by atoms with E-state index in [9.17, 15) is 13.9 Å². The molecule has 1 aromatic heterocycles. The lowest BCUT2D eigenvalue weighted by Gasteiger charge is -2.47. The van der Waals surface area contributed by atoms with Crippen LogP contribution in [0.2, 0.25) is 0 Å². The van der Waals surface area contributed by atoms with Crippen LogP contribution in [0.3, 0.4) is 0 Å². The van der Waals surface area contributed by atoms with Crippen LogP contribution in [0.25, 0.3) is 10.4 Å². The molecule has 3 fully saturated rings. The van der Waals surface area contributed by atoms with Crippen LogP contribution >= 0.6 is 34.8 Å². The van der Waals surface area contributed by atoms with Crippen LogP contribution in [0.15, 0.2) is 109 Å². The van der Waals surface area contributed by atoms with Crippen molar-refractivity contribution in [1.82, 2.24) is 4.57 Å². The lowest BCUT2D eigenvalue weighted by atomic mass is 9.82. The number of imidazole rings is 1. The van der Waals surface area contributed by atoms with E-state index in [1.54, 1.807) is 0 Å². The number of rotatable bonds is 18.